The van der Waals surface area contributed by atoms with Gasteiger partial charge in [-0.1, -0.05) is 26.0 Å². The van der Waals surface area contributed by atoms with Gasteiger partial charge < -0.3 is 66.8 Å². The van der Waals surface area contributed by atoms with Crippen LogP contribution in [0.25, 0.3) is 17.1 Å². The molecule has 0 aliphatic carbocycles. The molecule has 4 atom stereocenters. The Morgan fingerprint density at radius 1 is 0.649 bits per heavy atom. The van der Waals surface area contributed by atoms with Crippen LogP contribution in [0.15, 0.2) is 36.4 Å². The molecule has 2 aliphatic rings. The van der Waals surface area contributed by atoms with Gasteiger partial charge in [0.05, 0.1) is 44.4 Å². The van der Waals surface area contributed by atoms with Crippen LogP contribution in [-0.2, 0) is 35.2 Å². The van der Waals surface area contributed by atoms with Crippen molar-refractivity contribution < 1.29 is 79.5 Å². The van der Waals surface area contributed by atoms with Crippen LogP contribution in [0, 0.1) is 5.92 Å². The molecule has 12 N–H and O–H groups in total. The van der Waals surface area contributed by atoms with Crippen molar-refractivity contribution in [2.75, 3.05) is 111 Å². The highest BCUT2D eigenvalue weighted by Gasteiger charge is 2.35. The molecule has 0 unspecified atom stereocenters. The number of carbonyl (C=O) groups excluding carboxylic acids is 4. The molecular weight excluding hydrogens is 1010 g/mol. The Hall–Kier alpha value is -6.85. The van der Waals surface area contributed by atoms with Gasteiger partial charge in [-0.15, -0.1) is 10.2 Å². The van der Waals surface area contributed by atoms with Gasteiger partial charge in [0.15, 0.2) is 11.9 Å². The first-order valence-electron chi connectivity index (χ1n) is 25.5. The number of piperidine rings is 1. The molecule has 2 saturated heterocycles. The number of aliphatic hydroxyl groups is 4. The van der Waals surface area contributed by atoms with Crippen molar-refractivity contribution in [3.63, 3.8) is 0 Å². The molecule has 0 radical (unpaired) electrons. The SMILES string of the molecule is CCNC(=O)c1nnc(-c2cc(C(C)C)c(O)cc2O)n1-c1ccc(CC2CCN(C(=O)CNC(=O)[C@H](O)[C@@H](O)[C@H](O)[C@H](O)CNC(=O)CN3CCN(CC(=O)O)CCN(CC(=O)O)CCN(CC(=O)O)CC3)CC2)cc1. The number of rotatable bonds is 23. The first-order chi connectivity index (χ1) is 36.5. The van der Waals surface area contributed by atoms with Crippen molar-refractivity contribution in [1.29, 1.82) is 0 Å². The lowest BCUT2D eigenvalue weighted by molar-refractivity contribution is -0.148. The number of aromatic nitrogens is 3. The number of carbonyl (C=O) groups is 7. The Balaban J connectivity index is 1.08. The third-order valence-electron chi connectivity index (χ3n) is 13.5. The van der Waals surface area contributed by atoms with Crippen LogP contribution in [0.2, 0.25) is 0 Å². The average Bonchev–Trinajstić information content (AvgIpc) is 3.85. The molecule has 77 heavy (non-hydrogen) atoms. The molecule has 0 spiro atoms. The summed E-state index contributed by atoms with van der Waals surface area (Å²) in [5, 5.41) is 108. The number of aromatic hydroxyl groups is 2. The second kappa shape index (κ2) is 29.0. The second-order valence-electron chi connectivity index (χ2n) is 19.6. The summed E-state index contributed by atoms with van der Waals surface area (Å²) >= 11 is 0. The van der Waals surface area contributed by atoms with E-state index < -0.39 is 79.0 Å². The molecule has 2 fully saturated rings. The molecule has 5 rings (SSSR count). The Bertz CT molecular complexity index is 2470. The fourth-order valence-electron chi connectivity index (χ4n) is 9.16. The predicted octanol–water partition coefficient (Wildman–Crippen LogP) is -2.85. The summed E-state index contributed by atoms with van der Waals surface area (Å²) in [5.74, 6) is -6.14. The predicted molar refractivity (Wildman–Crippen MR) is 274 cm³/mol. The van der Waals surface area contributed by atoms with Crippen molar-refractivity contribution in [2.24, 2.45) is 5.92 Å². The van der Waals surface area contributed by atoms with E-state index in [4.69, 9.17) is 0 Å². The largest absolute Gasteiger partial charge is 0.508 e. The van der Waals surface area contributed by atoms with Crippen LogP contribution < -0.4 is 16.0 Å². The maximum atomic E-state index is 13.1. The van der Waals surface area contributed by atoms with Crippen LogP contribution in [0.5, 0.6) is 11.5 Å². The van der Waals surface area contributed by atoms with Gasteiger partial charge in [0.2, 0.25) is 17.6 Å². The van der Waals surface area contributed by atoms with Gasteiger partial charge in [-0.05, 0) is 67.3 Å². The number of aliphatic carboxylic acids is 3. The van der Waals surface area contributed by atoms with Gasteiger partial charge in [0, 0.05) is 90.3 Å². The zero-order valence-corrected chi connectivity index (χ0v) is 43.5. The second-order valence-corrected chi connectivity index (χ2v) is 19.6. The molecule has 4 amide bonds. The average molecular weight is 1080 g/mol. The van der Waals surface area contributed by atoms with E-state index in [0.29, 0.717) is 50.1 Å². The standard InChI is InChI=1S/C50H73N11O16/c1-4-51-50(77)48-55-54-47(35-22-34(30(2)3)36(62)23-37(35)63)61(48)33-7-5-31(6-8-33)21-32-9-11-60(12-10-32)40(66)25-53-49(76)46(75)45(74)44(73)38(64)24-52-39(65)26-56-13-15-57(27-41(67)68)17-19-59(29-43(71)72)20-18-58(16-14-56)28-42(69)70/h5-8,22-23,30,32,38,44-46,62-64,73-75H,4,9-21,24-29H2,1-3H3,(H,51,77)(H,52,65)(H,53,76)(H,67,68)(H,69,70)(H,71,72)/t38-,44-,45+,46-/m1/s1. The van der Waals surface area contributed by atoms with Crippen LogP contribution >= 0.6 is 0 Å². The van der Waals surface area contributed by atoms with Crippen LogP contribution in [0.1, 0.15) is 61.3 Å². The van der Waals surface area contributed by atoms with E-state index in [9.17, 15) is 79.5 Å². The van der Waals surface area contributed by atoms with Crippen molar-refractivity contribution in [1.82, 2.24) is 55.2 Å². The highest BCUT2D eigenvalue weighted by molar-refractivity contribution is 5.92. The lowest BCUT2D eigenvalue weighted by Crippen LogP contribution is -2.54. The highest BCUT2D eigenvalue weighted by atomic mass is 16.4. The zero-order valence-electron chi connectivity index (χ0n) is 43.5. The number of likely N-dealkylation sites (tertiary alicyclic amines) is 1. The van der Waals surface area contributed by atoms with E-state index in [0.717, 1.165) is 5.56 Å². The van der Waals surface area contributed by atoms with E-state index in [1.807, 2.05) is 38.1 Å². The number of carboxylic acids is 3. The van der Waals surface area contributed by atoms with Gasteiger partial charge in [-0.25, -0.2) is 0 Å². The number of benzene rings is 2. The molecule has 27 heteroatoms. The van der Waals surface area contributed by atoms with E-state index >= 15 is 0 Å². The maximum Gasteiger partial charge on any atom is 0.317 e. The summed E-state index contributed by atoms with van der Waals surface area (Å²) in [5.41, 5.74) is 2.39. The van der Waals surface area contributed by atoms with Crippen LogP contribution in [-0.4, -0.2) is 262 Å². The lowest BCUT2D eigenvalue weighted by Gasteiger charge is -2.33. The Morgan fingerprint density at radius 3 is 1.66 bits per heavy atom. The van der Waals surface area contributed by atoms with Crippen LogP contribution in [0.4, 0.5) is 0 Å². The molecule has 3 heterocycles. The number of amides is 4. The van der Waals surface area contributed by atoms with Gasteiger partial charge in [-0.2, -0.15) is 0 Å². The number of phenolic OH excluding ortho intramolecular Hbond substituents is 2. The fourth-order valence-corrected chi connectivity index (χ4v) is 9.16. The van der Waals surface area contributed by atoms with Gasteiger partial charge >= 0.3 is 17.9 Å². The summed E-state index contributed by atoms with van der Waals surface area (Å²) in [7, 11) is 0. The topological polar surface area (TPSA) is 385 Å². The number of hydrogen-bond acceptors (Lipinski definition) is 19. The lowest BCUT2D eigenvalue weighted by atomic mass is 9.90. The molecule has 2 aliphatic heterocycles. The number of aliphatic hydroxyl groups excluding tert-OH is 4. The van der Waals surface area contributed by atoms with Crippen molar-refractivity contribution in [3.8, 4) is 28.6 Å². The van der Waals surface area contributed by atoms with Gasteiger partial charge in [0.25, 0.3) is 11.8 Å². The first-order valence-corrected chi connectivity index (χ1v) is 25.5. The van der Waals surface area contributed by atoms with Crippen LogP contribution in [0.3, 0.4) is 0 Å². The molecule has 1 aromatic heterocycles. The zero-order chi connectivity index (χ0) is 56.5. The fraction of sp³-hybridized carbons (Fsp3) is 0.580. The third-order valence-corrected chi connectivity index (χ3v) is 13.5. The number of phenols is 2. The van der Waals surface area contributed by atoms with E-state index in [1.54, 1.807) is 42.1 Å². The highest BCUT2D eigenvalue weighted by Crippen LogP contribution is 2.38. The van der Waals surface area contributed by atoms with Gasteiger partial charge in [-0.3, -0.25) is 57.7 Å². The minimum atomic E-state index is -2.28. The summed E-state index contributed by atoms with van der Waals surface area (Å²) in [6.45, 7) is 5.38. The quantitative estimate of drug-likeness (QED) is 0.0455. The number of carboxylic acid groups (broad SMARTS) is 3. The van der Waals surface area contributed by atoms with E-state index in [1.165, 1.54) is 6.07 Å². The molecule has 3 aromatic rings. The summed E-state index contributed by atoms with van der Waals surface area (Å²) in [6, 6.07) is 10.3. The smallest absolute Gasteiger partial charge is 0.317 e. The molecule has 0 bridgehead atoms. The maximum absolute atomic E-state index is 13.1. The summed E-state index contributed by atoms with van der Waals surface area (Å²) in [4.78, 5) is 94.7. The molecule has 27 nitrogen and oxygen atoms in total. The van der Waals surface area contributed by atoms with Crippen molar-refractivity contribution >= 4 is 41.5 Å². The van der Waals surface area contributed by atoms with E-state index in [2.05, 4.69) is 26.1 Å². The number of nitrogens with one attached hydrogen (secondary N) is 3. The third kappa shape index (κ3) is 18.1. The summed E-state index contributed by atoms with van der Waals surface area (Å²) in [6.07, 6.45) is -6.62. The van der Waals surface area contributed by atoms with Crippen molar-refractivity contribution in [3.05, 3.63) is 53.3 Å². The monoisotopic (exact) mass is 1080 g/mol. The normalized spacial score (nSPS) is 17.6. The first kappa shape index (κ1) is 61.0. The Morgan fingerprint density at radius 2 is 1.17 bits per heavy atom. The van der Waals surface area contributed by atoms with Crippen molar-refractivity contribution in [2.45, 2.75) is 70.4 Å². The van der Waals surface area contributed by atoms with Gasteiger partial charge in [0.1, 0.15) is 23.7 Å². The number of nitrogens with zero attached hydrogens (tertiary/aromatic N) is 8. The molecule has 2 aromatic carbocycles. The Kier molecular flexibility index (Phi) is 23.0. The minimum absolute atomic E-state index is 0.000965. The molecule has 0 saturated carbocycles. The molecular formula is C50H73N11O16. The number of hydrogen-bond donors (Lipinski definition) is 12. The van der Waals surface area contributed by atoms with E-state index in [-0.39, 0.29) is 119 Å². The minimum Gasteiger partial charge on any atom is -0.508 e. The Labute approximate surface area is 444 Å². The summed E-state index contributed by atoms with van der Waals surface area (Å²) < 4.78 is 1.54. The molecule has 424 valence electrons.